The highest BCUT2D eigenvalue weighted by atomic mass is 16.7. The molecule has 0 N–H and O–H groups in total. The number of hydrogen-bond donors (Lipinski definition) is 0. The lowest BCUT2D eigenvalue weighted by Crippen LogP contribution is -2.41. The molecule has 1 aliphatic rings. The molecule has 0 aliphatic carbocycles. The van der Waals surface area contributed by atoms with E-state index in [-0.39, 0.29) is 11.2 Å². The highest BCUT2D eigenvalue weighted by Gasteiger charge is 2.51. The Labute approximate surface area is 241 Å². The van der Waals surface area contributed by atoms with Crippen LogP contribution in [0.2, 0.25) is 0 Å². The second kappa shape index (κ2) is 9.65. The summed E-state index contributed by atoms with van der Waals surface area (Å²) in [7, 11) is -0.411. The van der Waals surface area contributed by atoms with Crippen LogP contribution >= 0.6 is 0 Å². The molecular formula is C36H32BNO3. The summed E-state index contributed by atoms with van der Waals surface area (Å²) < 4.78 is 19.1. The number of furan rings is 1. The summed E-state index contributed by atoms with van der Waals surface area (Å²) in [5.74, 6) is 0. The zero-order chi connectivity index (χ0) is 28.2. The van der Waals surface area contributed by atoms with Crippen molar-refractivity contribution in [2.75, 3.05) is 4.90 Å². The quantitative estimate of drug-likeness (QED) is 0.206. The van der Waals surface area contributed by atoms with Gasteiger partial charge in [0.2, 0.25) is 0 Å². The molecule has 1 aromatic heterocycles. The summed E-state index contributed by atoms with van der Waals surface area (Å²) in [6.45, 7) is 8.32. The van der Waals surface area contributed by atoms with Crippen LogP contribution in [0.5, 0.6) is 0 Å². The summed E-state index contributed by atoms with van der Waals surface area (Å²) in [5, 5.41) is 2.21. The summed E-state index contributed by atoms with van der Waals surface area (Å²) in [4.78, 5) is 2.26. The number of hydrogen-bond acceptors (Lipinski definition) is 4. The lowest BCUT2D eigenvalue weighted by atomic mass is 9.79. The molecule has 0 unspecified atom stereocenters. The van der Waals surface area contributed by atoms with Gasteiger partial charge in [-0.1, -0.05) is 84.9 Å². The fraction of sp³-hybridized carbons (Fsp3) is 0.167. The molecule has 0 saturated carbocycles. The Morgan fingerprint density at radius 1 is 0.537 bits per heavy atom. The number of nitrogens with zero attached hydrogens (tertiary/aromatic N) is 1. The SMILES string of the molecule is CC1(C)OB(c2ccc(N(c3ccc(-c4ccccc4)cc3)c3cccc4c3oc3ccccc34)cc2)OC1(C)C. The Hall–Kier alpha value is -4.32. The van der Waals surface area contributed by atoms with E-state index < -0.39 is 7.12 Å². The van der Waals surface area contributed by atoms with E-state index in [0.29, 0.717) is 0 Å². The van der Waals surface area contributed by atoms with Crippen LogP contribution in [0.15, 0.2) is 126 Å². The number of rotatable bonds is 5. The van der Waals surface area contributed by atoms with E-state index in [2.05, 4.69) is 136 Å². The van der Waals surface area contributed by atoms with Gasteiger partial charge in [-0.3, -0.25) is 0 Å². The van der Waals surface area contributed by atoms with E-state index in [1.165, 1.54) is 11.1 Å². The van der Waals surface area contributed by atoms with Gasteiger partial charge >= 0.3 is 7.12 Å². The van der Waals surface area contributed by atoms with Crippen LogP contribution in [-0.2, 0) is 9.31 Å². The Balaban J connectivity index is 1.33. The summed E-state index contributed by atoms with van der Waals surface area (Å²) in [6.07, 6.45) is 0. The third-order valence-corrected chi connectivity index (χ3v) is 8.53. The van der Waals surface area contributed by atoms with Gasteiger partial charge in [0.25, 0.3) is 0 Å². The smallest absolute Gasteiger partial charge is 0.454 e. The third kappa shape index (κ3) is 4.42. The first-order valence-electron chi connectivity index (χ1n) is 14.1. The van der Waals surface area contributed by atoms with Crippen molar-refractivity contribution >= 4 is 51.6 Å². The van der Waals surface area contributed by atoms with E-state index in [1.54, 1.807) is 0 Å². The minimum atomic E-state index is -0.411. The fourth-order valence-corrected chi connectivity index (χ4v) is 5.53. The monoisotopic (exact) mass is 537 g/mol. The molecule has 1 saturated heterocycles. The second-order valence-electron chi connectivity index (χ2n) is 11.7. The van der Waals surface area contributed by atoms with E-state index >= 15 is 0 Å². The topological polar surface area (TPSA) is 34.8 Å². The molecule has 0 atom stereocenters. The first-order chi connectivity index (χ1) is 19.8. The third-order valence-electron chi connectivity index (χ3n) is 8.53. The Morgan fingerprint density at radius 3 is 1.78 bits per heavy atom. The Bertz CT molecular complexity index is 1820. The van der Waals surface area contributed by atoms with Gasteiger partial charge in [-0.25, -0.2) is 0 Å². The van der Waals surface area contributed by atoms with Crippen LogP contribution < -0.4 is 10.4 Å². The maximum absolute atomic E-state index is 6.47. The summed E-state index contributed by atoms with van der Waals surface area (Å²) in [6, 6.07) is 42.2. The van der Waals surface area contributed by atoms with Crippen LogP contribution in [0, 0.1) is 0 Å². The molecule has 0 spiro atoms. The van der Waals surface area contributed by atoms with Crippen LogP contribution in [0.25, 0.3) is 33.1 Å². The molecule has 1 aliphatic heterocycles. The highest BCUT2D eigenvalue weighted by molar-refractivity contribution is 6.62. The average molecular weight is 537 g/mol. The molecule has 7 rings (SSSR count). The molecule has 0 radical (unpaired) electrons. The molecule has 0 amide bonds. The minimum absolute atomic E-state index is 0.389. The molecule has 6 aromatic rings. The van der Waals surface area contributed by atoms with Crippen LogP contribution in [-0.4, -0.2) is 18.3 Å². The van der Waals surface area contributed by atoms with Crippen molar-refractivity contribution in [3.8, 4) is 11.1 Å². The second-order valence-corrected chi connectivity index (χ2v) is 11.7. The van der Waals surface area contributed by atoms with Gasteiger partial charge in [-0.2, -0.15) is 0 Å². The van der Waals surface area contributed by atoms with Crippen LogP contribution in [0.1, 0.15) is 27.7 Å². The van der Waals surface area contributed by atoms with E-state index in [4.69, 9.17) is 13.7 Å². The standard InChI is InChI=1S/C36H32BNO3/c1-35(2)36(3,4)41-37(40-35)27-19-23-29(24-20-27)38(28-21-17-26(18-22-28)25-11-6-5-7-12-25)32-15-10-14-31-30-13-8-9-16-33(30)39-34(31)32/h5-24H,1-4H3. The van der Waals surface area contributed by atoms with Crippen LogP contribution in [0.3, 0.4) is 0 Å². The maximum Gasteiger partial charge on any atom is 0.494 e. The lowest BCUT2D eigenvalue weighted by Gasteiger charge is -2.32. The highest BCUT2D eigenvalue weighted by Crippen LogP contribution is 2.42. The van der Waals surface area contributed by atoms with Gasteiger partial charge in [0.05, 0.1) is 16.9 Å². The van der Waals surface area contributed by atoms with E-state index in [0.717, 1.165) is 44.5 Å². The van der Waals surface area contributed by atoms with Crippen LogP contribution in [0.4, 0.5) is 17.1 Å². The van der Waals surface area contributed by atoms with Gasteiger partial charge in [0.1, 0.15) is 5.58 Å². The molecular weight excluding hydrogens is 505 g/mol. The summed E-state index contributed by atoms with van der Waals surface area (Å²) in [5.41, 5.74) is 7.36. The van der Waals surface area contributed by atoms with Gasteiger partial charge in [0, 0.05) is 22.1 Å². The average Bonchev–Trinajstić information content (AvgIpc) is 3.47. The first-order valence-corrected chi connectivity index (χ1v) is 14.1. The molecule has 41 heavy (non-hydrogen) atoms. The number of benzene rings is 5. The normalized spacial score (nSPS) is 16.0. The van der Waals surface area contributed by atoms with E-state index in [9.17, 15) is 0 Å². The largest absolute Gasteiger partial charge is 0.494 e. The minimum Gasteiger partial charge on any atom is -0.454 e. The molecule has 4 nitrogen and oxygen atoms in total. The number of anilines is 3. The predicted octanol–water partition coefficient (Wildman–Crippen LogP) is 9.02. The molecule has 1 fully saturated rings. The van der Waals surface area contributed by atoms with Crippen molar-refractivity contribution in [3.63, 3.8) is 0 Å². The Kier molecular flexibility index (Phi) is 6.04. The van der Waals surface area contributed by atoms with Crippen molar-refractivity contribution in [1.82, 2.24) is 0 Å². The van der Waals surface area contributed by atoms with Crippen molar-refractivity contribution in [2.24, 2.45) is 0 Å². The van der Waals surface area contributed by atoms with Gasteiger partial charge in [-0.15, -0.1) is 0 Å². The fourth-order valence-electron chi connectivity index (χ4n) is 5.53. The van der Waals surface area contributed by atoms with Gasteiger partial charge < -0.3 is 18.6 Å². The lowest BCUT2D eigenvalue weighted by molar-refractivity contribution is 0.00578. The number of fused-ring (bicyclic) bond motifs is 3. The molecule has 2 heterocycles. The van der Waals surface area contributed by atoms with E-state index in [1.807, 2.05) is 18.2 Å². The van der Waals surface area contributed by atoms with Gasteiger partial charge in [-0.05, 0) is 80.7 Å². The first kappa shape index (κ1) is 25.6. The van der Waals surface area contributed by atoms with Crippen molar-refractivity contribution in [1.29, 1.82) is 0 Å². The molecule has 5 heteroatoms. The Morgan fingerprint density at radius 2 is 1.10 bits per heavy atom. The zero-order valence-corrected chi connectivity index (χ0v) is 23.8. The summed E-state index contributed by atoms with van der Waals surface area (Å²) >= 11 is 0. The van der Waals surface area contributed by atoms with Gasteiger partial charge in [0.15, 0.2) is 5.58 Å². The van der Waals surface area contributed by atoms with Crippen molar-refractivity contribution < 1.29 is 13.7 Å². The molecule has 5 aromatic carbocycles. The van der Waals surface area contributed by atoms with Crippen molar-refractivity contribution in [3.05, 3.63) is 121 Å². The zero-order valence-electron chi connectivity index (χ0n) is 23.8. The predicted molar refractivity (Wildman–Crippen MR) is 170 cm³/mol. The number of para-hydroxylation sites is 2. The molecule has 202 valence electrons. The maximum atomic E-state index is 6.47. The van der Waals surface area contributed by atoms with Crippen molar-refractivity contribution in [2.45, 2.75) is 38.9 Å². The molecule has 0 bridgehead atoms.